The van der Waals surface area contributed by atoms with E-state index in [1.54, 1.807) is 0 Å². The van der Waals surface area contributed by atoms with E-state index in [-0.39, 0.29) is 25.0 Å². The van der Waals surface area contributed by atoms with Gasteiger partial charge in [-0.25, -0.2) is 0 Å². The second kappa shape index (κ2) is 17.1. The monoisotopic (exact) mass is 335 g/mol. The first-order valence-corrected chi connectivity index (χ1v) is 7.75. The molecule has 0 aliphatic carbocycles. The molecule has 0 unspecified atom stereocenters. The van der Waals surface area contributed by atoms with Crippen molar-refractivity contribution in [2.75, 3.05) is 72.5 Å². The van der Waals surface area contributed by atoms with Gasteiger partial charge in [-0.3, -0.25) is 9.59 Å². The maximum Gasteiger partial charge on any atom is 0.246 e. The maximum absolute atomic E-state index is 11.4. The zero-order valence-electron chi connectivity index (χ0n) is 13.8. The van der Waals surface area contributed by atoms with E-state index in [0.29, 0.717) is 59.3 Å². The second-order valence-corrected chi connectivity index (χ2v) is 4.42. The van der Waals surface area contributed by atoms with Crippen LogP contribution in [0.5, 0.6) is 0 Å². The van der Waals surface area contributed by atoms with E-state index in [9.17, 15) is 9.59 Å². The van der Waals surface area contributed by atoms with Crippen molar-refractivity contribution in [2.24, 2.45) is 5.73 Å². The minimum Gasteiger partial charge on any atom is -0.378 e. The van der Waals surface area contributed by atoms with Gasteiger partial charge >= 0.3 is 0 Å². The molecule has 0 saturated carbocycles. The molecule has 0 atom stereocenters. The Hall–Kier alpha value is -1.26. The average Bonchev–Trinajstić information content (AvgIpc) is 2.53. The fourth-order valence-electron chi connectivity index (χ4n) is 1.41. The van der Waals surface area contributed by atoms with Gasteiger partial charge in [0.25, 0.3) is 0 Å². The van der Waals surface area contributed by atoms with Crippen LogP contribution >= 0.6 is 0 Å². The third-order valence-electron chi connectivity index (χ3n) is 2.42. The van der Waals surface area contributed by atoms with Crippen LogP contribution < -0.4 is 16.4 Å². The average molecular weight is 335 g/mol. The third-order valence-corrected chi connectivity index (χ3v) is 2.42. The molecule has 23 heavy (non-hydrogen) atoms. The van der Waals surface area contributed by atoms with Crippen molar-refractivity contribution >= 4 is 11.8 Å². The Labute approximate surface area is 137 Å². The van der Waals surface area contributed by atoms with Crippen molar-refractivity contribution < 1.29 is 28.5 Å². The summed E-state index contributed by atoms with van der Waals surface area (Å²) in [6.45, 7) is 5.63. The molecule has 0 saturated heterocycles. The van der Waals surface area contributed by atoms with E-state index in [1.807, 2.05) is 6.92 Å². The summed E-state index contributed by atoms with van der Waals surface area (Å²) in [6, 6.07) is 0. The summed E-state index contributed by atoms with van der Waals surface area (Å²) in [7, 11) is 0. The number of ether oxygens (including phenoxy) is 4. The zero-order valence-corrected chi connectivity index (χ0v) is 13.8. The number of amides is 2. The van der Waals surface area contributed by atoms with Crippen molar-refractivity contribution in [1.82, 2.24) is 10.6 Å². The number of nitrogens with two attached hydrogens (primary N) is 1. The number of hydrogen-bond donors (Lipinski definition) is 3. The largest absolute Gasteiger partial charge is 0.378 e. The predicted molar refractivity (Wildman–Crippen MR) is 84.0 cm³/mol. The van der Waals surface area contributed by atoms with Gasteiger partial charge in [0.1, 0.15) is 13.2 Å². The van der Waals surface area contributed by atoms with E-state index < -0.39 is 0 Å². The Kier molecular flexibility index (Phi) is 16.2. The molecule has 0 fully saturated rings. The lowest BCUT2D eigenvalue weighted by molar-refractivity contribution is -0.127. The third kappa shape index (κ3) is 16.9. The lowest BCUT2D eigenvalue weighted by Gasteiger charge is -2.08. The molecule has 0 rings (SSSR count). The standard InChI is InChI=1S/C14H29N3O6/c1-2-16-13(18)11-22-10-8-21-6-4-17-14(19)12-23-9-7-20-5-3-15/h2-12,15H2,1H3,(H,16,18)(H,17,19). The Morgan fingerprint density at radius 1 is 0.783 bits per heavy atom. The molecular formula is C14H29N3O6. The first-order chi connectivity index (χ1) is 11.2. The van der Waals surface area contributed by atoms with Crippen molar-refractivity contribution in [3.05, 3.63) is 0 Å². The molecule has 0 bridgehead atoms. The van der Waals surface area contributed by atoms with Gasteiger partial charge in [-0.15, -0.1) is 0 Å². The van der Waals surface area contributed by atoms with E-state index in [0.717, 1.165) is 0 Å². The van der Waals surface area contributed by atoms with Crippen molar-refractivity contribution in [1.29, 1.82) is 0 Å². The van der Waals surface area contributed by atoms with E-state index in [2.05, 4.69) is 10.6 Å². The molecule has 2 amide bonds. The molecule has 4 N–H and O–H groups in total. The molecular weight excluding hydrogens is 306 g/mol. The molecule has 0 spiro atoms. The number of carbonyl (C=O) groups excluding carboxylic acids is 2. The van der Waals surface area contributed by atoms with Crippen LogP contribution in [0.1, 0.15) is 6.92 Å². The summed E-state index contributed by atoms with van der Waals surface area (Å²) in [5.74, 6) is -0.354. The fourth-order valence-corrected chi connectivity index (χ4v) is 1.41. The highest BCUT2D eigenvalue weighted by atomic mass is 16.5. The maximum atomic E-state index is 11.4. The first kappa shape index (κ1) is 21.7. The van der Waals surface area contributed by atoms with Gasteiger partial charge < -0.3 is 35.3 Å². The molecule has 9 heteroatoms. The second-order valence-electron chi connectivity index (χ2n) is 4.42. The Balaban J connectivity index is 3.22. The summed E-state index contributed by atoms with van der Waals surface area (Å²) in [5, 5.41) is 5.28. The Bertz CT molecular complexity index is 304. The number of nitrogens with one attached hydrogen (secondary N) is 2. The molecule has 0 aromatic carbocycles. The molecule has 0 radical (unpaired) electrons. The van der Waals surface area contributed by atoms with Crippen LogP contribution in [0.2, 0.25) is 0 Å². The number of likely N-dealkylation sites (N-methyl/N-ethyl adjacent to an activating group) is 1. The van der Waals surface area contributed by atoms with Gasteiger partial charge in [0, 0.05) is 19.6 Å². The molecule has 136 valence electrons. The van der Waals surface area contributed by atoms with Gasteiger partial charge in [0.2, 0.25) is 11.8 Å². The van der Waals surface area contributed by atoms with Gasteiger partial charge in [-0.1, -0.05) is 0 Å². The van der Waals surface area contributed by atoms with Crippen LogP contribution in [0, 0.1) is 0 Å². The van der Waals surface area contributed by atoms with Crippen LogP contribution in [0.4, 0.5) is 0 Å². The van der Waals surface area contributed by atoms with Crippen LogP contribution in [0.15, 0.2) is 0 Å². The molecule has 0 heterocycles. The zero-order chi connectivity index (χ0) is 17.2. The number of hydrogen-bond acceptors (Lipinski definition) is 7. The van der Waals surface area contributed by atoms with E-state index >= 15 is 0 Å². The van der Waals surface area contributed by atoms with Gasteiger partial charge in [-0.05, 0) is 6.92 Å². The van der Waals surface area contributed by atoms with Crippen LogP contribution in [0.3, 0.4) is 0 Å². The topological polar surface area (TPSA) is 121 Å². The smallest absolute Gasteiger partial charge is 0.246 e. The lowest BCUT2D eigenvalue weighted by atomic mass is 10.5. The SMILES string of the molecule is CCNC(=O)COCCOCCNC(=O)COCCOCCN. The van der Waals surface area contributed by atoms with E-state index in [1.165, 1.54) is 0 Å². The summed E-state index contributed by atoms with van der Waals surface area (Å²) in [4.78, 5) is 22.4. The molecule has 9 nitrogen and oxygen atoms in total. The molecule has 0 aliphatic rings. The summed E-state index contributed by atoms with van der Waals surface area (Å²) < 4.78 is 20.6. The van der Waals surface area contributed by atoms with Crippen LogP contribution in [-0.2, 0) is 28.5 Å². The minimum atomic E-state index is -0.208. The Morgan fingerprint density at radius 3 is 1.87 bits per heavy atom. The Morgan fingerprint density at radius 2 is 1.30 bits per heavy atom. The predicted octanol–water partition coefficient (Wildman–Crippen LogP) is -1.74. The van der Waals surface area contributed by atoms with Gasteiger partial charge in [-0.2, -0.15) is 0 Å². The fraction of sp³-hybridized carbons (Fsp3) is 0.857. The highest BCUT2D eigenvalue weighted by molar-refractivity contribution is 5.77. The first-order valence-electron chi connectivity index (χ1n) is 7.75. The van der Waals surface area contributed by atoms with Crippen LogP contribution in [0.25, 0.3) is 0 Å². The highest BCUT2D eigenvalue weighted by Crippen LogP contribution is 1.81. The number of carbonyl (C=O) groups is 2. The van der Waals surface area contributed by atoms with Crippen LogP contribution in [-0.4, -0.2) is 84.3 Å². The molecule has 0 aliphatic heterocycles. The van der Waals surface area contributed by atoms with Gasteiger partial charge in [0.15, 0.2) is 0 Å². The highest BCUT2D eigenvalue weighted by Gasteiger charge is 2.01. The summed E-state index contributed by atoms with van der Waals surface area (Å²) >= 11 is 0. The lowest BCUT2D eigenvalue weighted by Crippen LogP contribution is -2.31. The molecule has 0 aromatic heterocycles. The number of rotatable bonds is 16. The van der Waals surface area contributed by atoms with E-state index in [4.69, 9.17) is 24.7 Å². The minimum absolute atomic E-state index is 0.0123. The van der Waals surface area contributed by atoms with Crippen molar-refractivity contribution in [2.45, 2.75) is 6.92 Å². The van der Waals surface area contributed by atoms with Gasteiger partial charge in [0.05, 0.1) is 39.6 Å². The van der Waals surface area contributed by atoms with Crippen molar-refractivity contribution in [3.8, 4) is 0 Å². The molecule has 0 aromatic rings. The van der Waals surface area contributed by atoms with Crippen molar-refractivity contribution in [3.63, 3.8) is 0 Å². The summed E-state index contributed by atoms with van der Waals surface area (Å²) in [5.41, 5.74) is 5.26. The quantitative estimate of drug-likeness (QED) is 0.286. The normalized spacial score (nSPS) is 10.5. The summed E-state index contributed by atoms with van der Waals surface area (Å²) in [6.07, 6.45) is 0.